The van der Waals surface area contributed by atoms with Crippen LogP contribution < -0.4 is 15.5 Å². The van der Waals surface area contributed by atoms with E-state index in [4.69, 9.17) is 9.15 Å². The molecular weight excluding hydrogens is 330 g/mol. The molecule has 1 amide bonds. The zero-order chi connectivity index (χ0) is 18.2. The predicted octanol–water partition coefficient (Wildman–Crippen LogP) is -0.364. The fourth-order valence-electron chi connectivity index (χ4n) is 3.12. The smallest absolute Gasteiger partial charge is 0.275 e. The van der Waals surface area contributed by atoms with Crippen LogP contribution in [0, 0.1) is 0 Å². The molecule has 2 heterocycles. The Morgan fingerprint density at radius 3 is 2.62 bits per heavy atom. The van der Waals surface area contributed by atoms with Crippen LogP contribution in [0.2, 0.25) is 0 Å². The molecule has 1 aromatic heterocycles. The summed E-state index contributed by atoms with van der Waals surface area (Å²) in [6, 6.07) is 12.5. The third-order valence-corrected chi connectivity index (χ3v) is 4.82. The molecular formula is C20H29N3O3+2. The first-order valence-electron chi connectivity index (χ1n) is 9.33. The number of amides is 1. The van der Waals surface area contributed by atoms with E-state index in [2.05, 4.69) is 29.6 Å². The number of nitrogens with two attached hydrogens (primary N) is 1. The van der Waals surface area contributed by atoms with Crippen LogP contribution >= 0.6 is 0 Å². The van der Waals surface area contributed by atoms with Crippen LogP contribution in [-0.2, 0) is 22.6 Å². The number of nitrogens with one attached hydrogen (secondary N) is 2. The maximum Gasteiger partial charge on any atom is 0.275 e. The Kier molecular flexibility index (Phi) is 6.82. The molecule has 0 spiro atoms. The van der Waals surface area contributed by atoms with Gasteiger partial charge in [0.2, 0.25) is 0 Å². The monoisotopic (exact) mass is 359 g/mol. The Balaban J connectivity index is 1.37. The van der Waals surface area contributed by atoms with Crippen molar-refractivity contribution in [3.8, 4) is 0 Å². The number of hydrogen-bond acceptors (Lipinski definition) is 3. The summed E-state index contributed by atoms with van der Waals surface area (Å²) in [6.07, 6.45) is 1.66. The standard InChI is InChI=1S/C20H27N3O3/c1-16(19-3-2-10-26-19)21-14-20(24)22-13-17-4-6-18(7-5-17)15-23-8-11-25-12-9-23/h2-7,10,16,21H,8-9,11-15H2,1H3,(H,22,24)/p+2/t16-/m1/s1. The topological polar surface area (TPSA) is 72.5 Å². The second kappa shape index (κ2) is 9.52. The molecule has 0 radical (unpaired) electrons. The van der Waals surface area contributed by atoms with E-state index in [9.17, 15) is 4.79 Å². The van der Waals surface area contributed by atoms with Gasteiger partial charge in [-0.05, 0) is 24.6 Å². The maximum absolute atomic E-state index is 12.0. The molecule has 0 bridgehead atoms. The van der Waals surface area contributed by atoms with Gasteiger partial charge in [0.15, 0.2) is 12.3 Å². The first kappa shape index (κ1) is 18.6. The quantitative estimate of drug-likeness (QED) is 0.603. The van der Waals surface area contributed by atoms with Crippen molar-refractivity contribution in [1.29, 1.82) is 0 Å². The second-order valence-corrected chi connectivity index (χ2v) is 6.88. The minimum absolute atomic E-state index is 0.0326. The van der Waals surface area contributed by atoms with Crippen LogP contribution in [0.4, 0.5) is 0 Å². The summed E-state index contributed by atoms with van der Waals surface area (Å²) in [7, 11) is 0. The van der Waals surface area contributed by atoms with Crippen molar-refractivity contribution in [2.45, 2.75) is 26.1 Å². The van der Waals surface area contributed by atoms with Crippen LogP contribution in [0.25, 0.3) is 0 Å². The summed E-state index contributed by atoms with van der Waals surface area (Å²) in [5.41, 5.74) is 2.45. The third kappa shape index (κ3) is 5.69. The van der Waals surface area contributed by atoms with Crippen LogP contribution in [0.3, 0.4) is 0 Å². The highest BCUT2D eigenvalue weighted by molar-refractivity contribution is 5.76. The molecule has 1 fully saturated rings. The molecule has 140 valence electrons. The molecule has 1 saturated heterocycles. The van der Waals surface area contributed by atoms with E-state index in [-0.39, 0.29) is 11.9 Å². The highest BCUT2D eigenvalue weighted by atomic mass is 16.5. The van der Waals surface area contributed by atoms with Crippen molar-refractivity contribution in [2.75, 3.05) is 32.8 Å². The van der Waals surface area contributed by atoms with Gasteiger partial charge in [-0.25, -0.2) is 0 Å². The largest absolute Gasteiger partial charge is 0.463 e. The number of morpholine rings is 1. The molecule has 3 rings (SSSR count). The maximum atomic E-state index is 12.0. The number of rotatable bonds is 8. The summed E-state index contributed by atoms with van der Waals surface area (Å²) in [6.45, 7) is 7.88. The first-order valence-corrected chi connectivity index (χ1v) is 9.33. The summed E-state index contributed by atoms with van der Waals surface area (Å²) in [5.74, 6) is 0.918. The SMILES string of the molecule is C[C@@H]([NH2+]CC(=O)NCc1ccc(C[NH+]2CCOCC2)cc1)c1ccco1. The molecule has 0 unspecified atom stereocenters. The highest BCUT2D eigenvalue weighted by Gasteiger charge is 2.15. The van der Waals surface area contributed by atoms with Gasteiger partial charge >= 0.3 is 0 Å². The van der Waals surface area contributed by atoms with Gasteiger partial charge < -0.3 is 24.7 Å². The molecule has 6 heteroatoms. The Morgan fingerprint density at radius 1 is 1.19 bits per heavy atom. The summed E-state index contributed by atoms with van der Waals surface area (Å²) in [4.78, 5) is 13.6. The van der Waals surface area contributed by atoms with Crippen LogP contribution in [-0.4, -0.2) is 38.8 Å². The van der Waals surface area contributed by atoms with Crippen molar-refractivity contribution in [3.05, 3.63) is 59.5 Å². The lowest BCUT2D eigenvalue weighted by Crippen LogP contribution is -3.12. The molecule has 1 atom stereocenters. The van der Waals surface area contributed by atoms with E-state index in [1.807, 2.05) is 24.4 Å². The molecule has 0 saturated carbocycles. The Labute approximate surface area is 154 Å². The predicted molar refractivity (Wildman–Crippen MR) is 97.4 cm³/mol. The molecule has 1 aliphatic heterocycles. The molecule has 6 nitrogen and oxygen atoms in total. The van der Waals surface area contributed by atoms with Crippen molar-refractivity contribution >= 4 is 5.91 Å². The number of benzene rings is 1. The average molecular weight is 359 g/mol. The lowest BCUT2D eigenvalue weighted by Gasteiger charge is -2.23. The molecule has 26 heavy (non-hydrogen) atoms. The van der Waals surface area contributed by atoms with E-state index < -0.39 is 0 Å². The lowest BCUT2D eigenvalue weighted by atomic mass is 10.1. The Morgan fingerprint density at radius 2 is 1.92 bits per heavy atom. The van der Waals surface area contributed by atoms with Crippen molar-refractivity contribution in [3.63, 3.8) is 0 Å². The minimum Gasteiger partial charge on any atom is -0.463 e. The summed E-state index contributed by atoms with van der Waals surface area (Å²) in [5, 5.41) is 4.95. The van der Waals surface area contributed by atoms with Gasteiger partial charge in [0.1, 0.15) is 25.7 Å². The van der Waals surface area contributed by atoms with E-state index in [0.717, 1.165) is 44.2 Å². The van der Waals surface area contributed by atoms with Gasteiger partial charge in [0.05, 0.1) is 19.5 Å². The summed E-state index contributed by atoms with van der Waals surface area (Å²) < 4.78 is 10.7. The average Bonchev–Trinajstić information content (AvgIpc) is 3.21. The molecule has 4 N–H and O–H groups in total. The summed E-state index contributed by atoms with van der Waals surface area (Å²) >= 11 is 0. The number of carbonyl (C=O) groups is 1. The van der Waals surface area contributed by atoms with Gasteiger partial charge in [0.25, 0.3) is 5.91 Å². The normalized spacial score (nSPS) is 16.3. The van der Waals surface area contributed by atoms with E-state index in [0.29, 0.717) is 13.1 Å². The number of carbonyl (C=O) groups excluding carboxylic acids is 1. The lowest BCUT2D eigenvalue weighted by molar-refractivity contribution is -0.921. The zero-order valence-electron chi connectivity index (χ0n) is 15.4. The van der Waals surface area contributed by atoms with Crippen molar-refractivity contribution in [1.82, 2.24) is 5.32 Å². The number of quaternary nitrogens is 2. The second-order valence-electron chi connectivity index (χ2n) is 6.88. The van der Waals surface area contributed by atoms with Gasteiger partial charge in [-0.2, -0.15) is 0 Å². The van der Waals surface area contributed by atoms with Crippen molar-refractivity contribution < 1.29 is 24.2 Å². The highest BCUT2D eigenvalue weighted by Crippen LogP contribution is 2.07. The fourth-order valence-corrected chi connectivity index (χ4v) is 3.12. The fraction of sp³-hybridized carbons (Fsp3) is 0.450. The molecule has 1 aromatic carbocycles. The zero-order valence-corrected chi connectivity index (χ0v) is 15.4. The van der Waals surface area contributed by atoms with Gasteiger partial charge in [0, 0.05) is 12.1 Å². The Bertz CT molecular complexity index is 664. The van der Waals surface area contributed by atoms with E-state index in [1.165, 1.54) is 5.56 Å². The van der Waals surface area contributed by atoms with Crippen LogP contribution in [0.15, 0.2) is 47.1 Å². The van der Waals surface area contributed by atoms with Gasteiger partial charge in [-0.1, -0.05) is 24.3 Å². The number of ether oxygens (including phenoxy) is 1. The minimum atomic E-state index is 0.0326. The van der Waals surface area contributed by atoms with E-state index >= 15 is 0 Å². The Hall–Kier alpha value is -2.15. The van der Waals surface area contributed by atoms with Crippen LogP contribution in [0.1, 0.15) is 29.9 Å². The molecule has 0 aliphatic carbocycles. The van der Waals surface area contributed by atoms with Crippen molar-refractivity contribution in [2.24, 2.45) is 0 Å². The molecule has 2 aromatic rings. The van der Waals surface area contributed by atoms with Gasteiger partial charge in [-0.3, -0.25) is 4.79 Å². The number of hydrogen-bond donors (Lipinski definition) is 3. The first-order chi connectivity index (χ1) is 12.7. The van der Waals surface area contributed by atoms with E-state index in [1.54, 1.807) is 11.2 Å². The molecule has 1 aliphatic rings. The van der Waals surface area contributed by atoms with Crippen LogP contribution in [0.5, 0.6) is 0 Å². The third-order valence-electron chi connectivity index (χ3n) is 4.82. The van der Waals surface area contributed by atoms with Gasteiger partial charge in [-0.15, -0.1) is 0 Å². The number of furan rings is 1.